The van der Waals surface area contributed by atoms with E-state index in [0.717, 1.165) is 12.8 Å². The molecule has 1 saturated carbocycles. The van der Waals surface area contributed by atoms with Gasteiger partial charge in [0.15, 0.2) is 0 Å². The number of nitrogens with one attached hydrogen (secondary N) is 2. The monoisotopic (exact) mass is 374 g/mol. The van der Waals surface area contributed by atoms with E-state index in [-0.39, 0.29) is 4.90 Å². The quantitative estimate of drug-likeness (QED) is 0.731. The Balaban J connectivity index is 1.59. The summed E-state index contributed by atoms with van der Waals surface area (Å²) in [7, 11) is -3.53. The molecule has 2 aromatic rings. The van der Waals surface area contributed by atoms with E-state index in [2.05, 4.69) is 10.0 Å². The van der Waals surface area contributed by atoms with Crippen molar-refractivity contribution in [1.82, 2.24) is 4.72 Å². The minimum absolute atomic E-state index is 0.151. The first-order chi connectivity index (χ1) is 12.4. The van der Waals surface area contributed by atoms with Crippen LogP contribution in [0.15, 0.2) is 59.5 Å². The standard InChI is InChI=1S/C19H19FN2O3S/c20-18-4-2-1-3-15(18)7-12-19(23)22-16-8-10-17(11-9-16)26(24,25)21-13-14-5-6-14/h1-4,7-12,14,21H,5-6,13H2,(H,22,23)/b12-7+. The molecule has 0 aliphatic heterocycles. The third-order valence-electron chi connectivity index (χ3n) is 4.01. The van der Waals surface area contributed by atoms with Crippen LogP contribution in [-0.4, -0.2) is 20.9 Å². The van der Waals surface area contributed by atoms with Crippen LogP contribution >= 0.6 is 0 Å². The lowest BCUT2D eigenvalue weighted by atomic mass is 10.2. The van der Waals surface area contributed by atoms with Gasteiger partial charge in [-0.2, -0.15) is 0 Å². The van der Waals surface area contributed by atoms with Crippen LogP contribution in [0.2, 0.25) is 0 Å². The van der Waals surface area contributed by atoms with E-state index in [0.29, 0.717) is 23.7 Å². The van der Waals surface area contributed by atoms with Gasteiger partial charge in [0.2, 0.25) is 15.9 Å². The van der Waals surface area contributed by atoms with Crippen molar-refractivity contribution in [2.45, 2.75) is 17.7 Å². The van der Waals surface area contributed by atoms with Gasteiger partial charge in [-0.1, -0.05) is 18.2 Å². The van der Waals surface area contributed by atoms with E-state index in [1.807, 2.05) is 0 Å². The molecule has 5 nitrogen and oxygen atoms in total. The predicted octanol–water partition coefficient (Wildman–Crippen LogP) is 3.17. The van der Waals surface area contributed by atoms with E-state index >= 15 is 0 Å². The van der Waals surface area contributed by atoms with Crippen molar-refractivity contribution >= 4 is 27.7 Å². The lowest BCUT2D eigenvalue weighted by molar-refractivity contribution is -0.111. The highest BCUT2D eigenvalue weighted by Crippen LogP contribution is 2.28. The van der Waals surface area contributed by atoms with Crippen molar-refractivity contribution in [3.8, 4) is 0 Å². The zero-order valence-electron chi connectivity index (χ0n) is 14.0. The highest BCUT2D eigenvalue weighted by molar-refractivity contribution is 7.89. The summed E-state index contributed by atoms with van der Waals surface area (Å²) in [4.78, 5) is 12.1. The summed E-state index contributed by atoms with van der Waals surface area (Å²) in [6, 6.07) is 12.0. The summed E-state index contributed by atoms with van der Waals surface area (Å²) in [5.41, 5.74) is 0.764. The smallest absolute Gasteiger partial charge is 0.248 e. The number of rotatable bonds is 7. The molecular formula is C19H19FN2O3S. The number of carbonyl (C=O) groups is 1. The van der Waals surface area contributed by atoms with Crippen LogP contribution in [0, 0.1) is 11.7 Å². The number of halogens is 1. The molecule has 0 atom stereocenters. The molecule has 2 aromatic carbocycles. The first-order valence-electron chi connectivity index (χ1n) is 8.27. The Morgan fingerprint density at radius 2 is 1.81 bits per heavy atom. The maximum absolute atomic E-state index is 13.5. The van der Waals surface area contributed by atoms with Crippen LogP contribution in [0.4, 0.5) is 10.1 Å². The van der Waals surface area contributed by atoms with Crippen LogP contribution in [0.1, 0.15) is 18.4 Å². The number of anilines is 1. The highest BCUT2D eigenvalue weighted by atomic mass is 32.2. The van der Waals surface area contributed by atoms with Gasteiger partial charge < -0.3 is 5.32 Å². The second-order valence-electron chi connectivity index (χ2n) is 6.16. The van der Waals surface area contributed by atoms with Gasteiger partial charge in [-0.25, -0.2) is 17.5 Å². The van der Waals surface area contributed by atoms with Crippen molar-refractivity contribution in [2.24, 2.45) is 5.92 Å². The maximum Gasteiger partial charge on any atom is 0.248 e. The molecule has 0 bridgehead atoms. The van der Waals surface area contributed by atoms with Crippen molar-refractivity contribution in [2.75, 3.05) is 11.9 Å². The van der Waals surface area contributed by atoms with Gasteiger partial charge >= 0.3 is 0 Å². The Bertz CT molecular complexity index is 920. The van der Waals surface area contributed by atoms with E-state index in [9.17, 15) is 17.6 Å². The fourth-order valence-corrected chi connectivity index (χ4v) is 3.43. The number of sulfonamides is 1. The molecule has 26 heavy (non-hydrogen) atoms. The first-order valence-corrected chi connectivity index (χ1v) is 9.76. The zero-order valence-corrected chi connectivity index (χ0v) is 14.8. The first kappa shape index (κ1) is 18.3. The molecule has 0 aromatic heterocycles. The van der Waals surface area contributed by atoms with Gasteiger partial charge in [0.1, 0.15) is 5.82 Å². The normalized spacial score (nSPS) is 14.5. The van der Waals surface area contributed by atoms with Crippen LogP contribution in [-0.2, 0) is 14.8 Å². The number of carbonyl (C=O) groups excluding carboxylic acids is 1. The molecule has 0 unspecified atom stereocenters. The maximum atomic E-state index is 13.5. The van der Waals surface area contributed by atoms with E-state index in [4.69, 9.17) is 0 Å². The van der Waals surface area contributed by atoms with Gasteiger partial charge in [0, 0.05) is 23.9 Å². The molecule has 136 valence electrons. The van der Waals surface area contributed by atoms with Gasteiger partial charge in [0.25, 0.3) is 0 Å². The predicted molar refractivity (Wildman–Crippen MR) is 98.4 cm³/mol. The van der Waals surface area contributed by atoms with Crippen molar-refractivity contribution in [3.05, 3.63) is 66.0 Å². The molecule has 1 amide bonds. The summed E-state index contributed by atoms with van der Waals surface area (Å²) in [5.74, 6) is -0.398. The summed E-state index contributed by atoms with van der Waals surface area (Å²) in [6.45, 7) is 0.460. The molecule has 2 N–H and O–H groups in total. The molecule has 1 aliphatic carbocycles. The topological polar surface area (TPSA) is 75.3 Å². The molecule has 0 heterocycles. The molecule has 1 aliphatic rings. The molecule has 1 fully saturated rings. The largest absolute Gasteiger partial charge is 0.323 e. The lowest BCUT2D eigenvalue weighted by Gasteiger charge is -2.07. The summed E-state index contributed by atoms with van der Waals surface area (Å²) < 4.78 is 40.4. The Morgan fingerprint density at radius 3 is 2.46 bits per heavy atom. The van der Waals surface area contributed by atoms with Crippen molar-refractivity contribution < 1.29 is 17.6 Å². The Kier molecular flexibility index (Phi) is 5.49. The fourth-order valence-electron chi connectivity index (χ4n) is 2.31. The van der Waals surface area contributed by atoms with Gasteiger partial charge in [0.05, 0.1) is 4.90 Å². The van der Waals surface area contributed by atoms with Crippen LogP contribution in [0.3, 0.4) is 0 Å². The minimum atomic E-state index is -3.53. The molecule has 0 spiro atoms. The molecular weight excluding hydrogens is 355 g/mol. The summed E-state index contributed by atoms with van der Waals surface area (Å²) >= 11 is 0. The molecule has 7 heteroatoms. The van der Waals surface area contributed by atoms with E-state index < -0.39 is 21.7 Å². The van der Waals surface area contributed by atoms with Crippen molar-refractivity contribution in [1.29, 1.82) is 0 Å². The molecule has 0 radical (unpaired) electrons. The fraction of sp³-hybridized carbons (Fsp3) is 0.211. The Labute approximate surface area is 152 Å². The van der Waals surface area contributed by atoms with Crippen LogP contribution < -0.4 is 10.0 Å². The average Bonchev–Trinajstić information content (AvgIpc) is 3.44. The van der Waals surface area contributed by atoms with E-state index in [1.54, 1.807) is 18.2 Å². The lowest BCUT2D eigenvalue weighted by Crippen LogP contribution is -2.25. The molecule has 3 rings (SSSR count). The second kappa shape index (κ2) is 7.80. The second-order valence-corrected chi connectivity index (χ2v) is 7.93. The number of benzene rings is 2. The zero-order chi connectivity index (χ0) is 18.6. The highest BCUT2D eigenvalue weighted by Gasteiger charge is 2.24. The van der Waals surface area contributed by atoms with Crippen LogP contribution in [0.25, 0.3) is 6.08 Å². The summed E-state index contributed by atoms with van der Waals surface area (Å²) in [5, 5.41) is 2.61. The minimum Gasteiger partial charge on any atom is -0.323 e. The third kappa shape index (κ3) is 5.00. The average molecular weight is 374 g/mol. The number of amides is 1. The van der Waals surface area contributed by atoms with Gasteiger partial charge in [-0.15, -0.1) is 0 Å². The summed E-state index contributed by atoms with van der Waals surface area (Å²) in [6.07, 6.45) is 4.73. The third-order valence-corrected chi connectivity index (χ3v) is 5.45. The van der Waals surface area contributed by atoms with Gasteiger partial charge in [-0.05, 0) is 55.2 Å². The van der Waals surface area contributed by atoms with Gasteiger partial charge in [-0.3, -0.25) is 4.79 Å². The SMILES string of the molecule is O=C(/C=C/c1ccccc1F)Nc1ccc(S(=O)(=O)NCC2CC2)cc1. The number of hydrogen-bond acceptors (Lipinski definition) is 3. The number of hydrogen-bond donors (Lipinski definition) is 2. The van der Waals surface area contributed by atoms with Crippen molar-refractivity contribution in [3.63, 3.8) is 0 Å². The van der Waals surface area contributed by atoms with E-state index in [1.165, 1.54) is 42.5 Å². The molecule has 0 saturated heterocycles. The Morgan fingerprint density at radius 1 is 1.12 bits per heavy atom. The Hall–Kier alpha value is -2.51. The van der Waals surface area contributed by atoms with Crippen LogP contribution in [0.5, 0.6) is 0 Å².